The zero-order valence-electron chi connectivity index (χ0n) is 20.5. The van der Waals surface area contributed by atoms with Crippen LogP contribution in [0.4, 0.5) is 0 Å². The largest absolute Gasteiger partial charge is 0.466 e. The molecule has 0 fully saturated rings. The van der Waals surface area contributed by atoms with Crippen LogP contribution in [-0.4, -0.2) is 17.6 Å². The summed E-state index contributed by atoms with van der Waals surface area (Å²) < 4.78 is 7.29. The summed E-state index contributed by atoms with van der Waals surface area (Å²) >= 11 is 1.34. The summed E-state index contributed by atoms with van der Waals surface area (Å²) in [5.74, 6) is 0.356. The lowest BCUT2D eigenvalue weighted by atomic mass is 9.93. The third-order valence-corrected chi connectivity index (χ3v) is 7.23. The summed E-state index contributed by atoms with van der Waals surface area (Å²) in [5, 5.41) is 0. The molecule has 176 valence electrons. The van der Waals surface area contributed by atoms with Crippen molar-refractivity contribution in [2.45, 2.75) is 52.5 Å². The molecule has 6 heteroatoms. The third kappa shape index (κ3) is 4.42. The Balaban J connectivity index is 1.89. The van der Waals surface area contributed by atoms with Gasteiger partial charge in [0, 0.05) is 0 Å². The Morgan fingerprint density at radius 3 is 2.09 bits per heavy atom. The third-order valence-electron chi connectivity index (χ3n) is 6.25. The van der Waals surface area contributed by atoms with Crippen molar-refractivity contribution >= 4 is 23.4 Å². The maximum atomic E-state index is 13.6. The van der Waals surface area contributed by atoms with E-state index in [9.17, 15) is 9.59 Å². The number of carbonyl (C=O) groups is 1. The van der Waals surface area contributed by atoms with Crippen molar-refractivity contribution in [3.8, 4) is 0 Å². The molecule has 0 saturated carbocycles. The van der Waals surface area contributed by atoms with Crippen molar-refractivity contribution < 1.29 is 9.53 Å². The van der Waals surface area contributed by atoms with Crippen LogP contribution >= 0.6 is 11.3 Å². The molecule has 1 aliphatic heterocycles. The molecule has 0 bridgehead atoms. The molecule has 2 aromatic carbocycles. The number of methoxy groups -OCH3 is 1. The van der Waals surface area contributed by atoms with Gasteiger partial charge >= 0.3 is 5.97 Å². The van der Waals surface area contributed by atoms with Gasteiger partial charge in [0.25, 0.3) is 5.56 Å². The quantitative estimate of drug-likeness (QED) is 0.506. The Labute approximate surface area is 203 Å². The lowest BCUT2D eigenvalue weighted by Gasteiger charge is -2.24. The molecule has 0 N–H and O–H groups in total. The number of ether oxygens (including phenoxy) is 1. The smallest absolute Gasteiger partial charge is 0.338 e. The van der Waals surface area contributed by atoms with E-state index in [1.165, 1.54) is 29.6 Å². The number of fused-ring (bicyclic) bond motifs is 1. The molecule has 1 atom stereocenters. The fraction of sp³-hybridized carbons (Fsp3) is 0.321. The highest BCUT2D eigenvalue weighted by Gasteiger charge is 2.33. The van der Waals surface area contributed by atoms with Gasteiger partial charge in [-0.05, 0) is 47.1 Å². The van der Waals surface area contributed by atoms with Crippen molar-refractivity contribution in [1.82, 2.24) is 4.57 Å². The molecule has 1 aliphatic rings. The highest BCUT2D eigenvalue weighted by atomic mass is 32.1. The number of carbonyl (C=O) groups excluding carboxylic acids is 1. The van der Waals surface area contributed by atoms with Gasteiger partial charge < -0.3 is 4.74 Å². The van der Waals surface area contributed by atoms with Gasteiger partial charge in [-0.3, -0.25) is 9.36 Å². The van der Waals surface area contributed by atoms with Crippen molar-refractivity contribution in [1.29, 1.82) is 0 Å². The van der Waals surface area contributed by atoms with E-state index < -0.39 is 12.0 Å². The van der Waals surface area contributed by atoms with Crippen LogP contribution in [-0.2, 0) is 9.53 Å². The van der Waals surface area contributed by atoms with E-state index >= 15 is 0 Å². The Morgan fingerprint density at radius 2 is 1.56 bits per heavy atom. The Hall–Kier alpha value is -3.25. The second kappa shape index (κ2) is 9.55. The maximum Gasteiger partial charge on any atom is 0.338 e. The zero-order chi connectivity index (χ0) is 24.6. The van der Waals surface area contributed by atoms with Gasteiger partial charge in [-0.2, -0.15) is 0 Å². The summed E-state index contributed by atoms with van der Waals surface area (Å²) in [5.41, 5.74) is 5.05. The van der Waals surface area contributed by atoms with Crippen molar-refractivity contribution in [3.63, 3.8) is 0 Å². The SMILES string of the molecule is COC(=O)C1=C(C)N=c2s/c(=C/c3ccc(C(C)C)cc3)c(=O)n2C1c1ccc(C(C)C)cc1. The first kappa shape index (κ1) is 23.9. The fourth-order valence-corrected chi connectivity index (χ4v) is 5.25. The minimum atomic E-state index is -0.588. The lowest BCUT2D eigenvalue weighted by Crippen LogP contribution is -2.39. The molecule has 0 amide bonds. The van der Waals surface area contributed by atoms with Crippen LogP contribution in [0.2, 0.25) is 0 Å². The number of rotatable bonds is 5. The van der Waals surface area contributed by atoms with Crippen LogP contribution in [0.5, 0.6) is 0 Å². The average Bonchev–Trinajstić information content (AvgIpc) is 3.12. The van der Waals surface area contributed by atoms with E-state index in [-0.39, 0.29) is 5.56 Å². The summed E-state index contributed by atoms with van der Waals surface area (Å²) in [6.07, 6.45) is 1.89. The normalized spacial score (nSPS) is 16.1. The number of allylic oxidation sites excluding steroid dienone is 1. The summed E-state index contributed by atoms with van der Waals surface area (Å²) in [6.45, 7) is 10.4. The average molecular weight is 475 g/mol. The highest BCUT2D eigenvalue weighted by Crippen LogP contribution is 2.31. The molecular formula is C28H30N2O3S. The summed E-state index contributed by atoms with van der Waals surface area (Å²) in [7, 11) is 1.35. The number of hydrogen-bond donors (Lipinski definition) is 0. The van der Waals surface area contributed by atoms with Crippen LogP contribution in [0.1, 0.15) is 74.8 Å². The van der Waals surface area contributed by atoms with Gasteiger partial charge in [-0.15, -0.1) is 0 Å². The van der Waals surface area contributed by atoms with Gasteiger partial charge in [-0.1, -0.05) is 87.6 Å². The standard InChI is InChI=1S/C28H30N2O3S/c1-16(2)20-9-7-19(8-10-20)15-23-26(31)30-25(22-13-11-21(12-14-22)17(3)4)24(27(32)33-6)18(5)29-28(30)34-23/h7-17,25H,1-6H3/b23-15+. The Morgan fingerprint density at radius 1 is 1.00 bits per heavy atom. The second-order valence-corrected chi connectivity index (χ2v) is 10.2. The van der Waals surface area contributed by atoms with Crippen LogP contribution in [0.15, 0.2) is 69.6 Å². The molecule has 0 saturated heterocycles. The fourth-order valence-electron chi connectivity index (χ4n) is 4.20. The topological polar surface area (TPSA) is 60.7 Å². The van der Waals surface area contributed by atoms with E-state index in [4.69, 9.17) is 4.74 Å². The number of hydrogen-bond acceptors (Lipinski definition) is 5. The molecule has 1 aromatic heterocycles. The van der Waals surface area contributed by atoms with Crippen LogP contribution < -0.4 is 14.9 Å². The predicted molar refractivity (Wildman–Crippen MR) is 137 cm³/mol. The Kier molecular flexibility index (Phi) is 6.71. The second-order valence-electron chi connectivity index (χ2n) is 9.22. The Bertz CT molecular complexity index is 1420. The molecule has 1 unspecified atom stereocenters. The number of esters is 1. The van der Waals surface area contributed by atoms with Crippen LogP contribution in [0.25, 0.3) is 6.08 Å². The van der Waals surface area contributed by atoms with E-state index in [1.807, 2.05) is 30.3 Å². The number of aromatic nitrogens is 1. The predicted octanol–water partition coefficient (Wildman–Crippen LogP) is 4.66. The van der Waals surface area contributed by atoms with Gasteiger partial charge in [0.2, 0.25) is 0 Å². The highest BCUT2D eigenvalue weighted by molar-refractivity contribution is 7.07. The van der Waals surface area contributed by atoms with Gasteiger partial charge in [0.15, 0.2) is 4.80 Å². The van der Waals surface area contributed by atoms with Gasteiger partial charge in [0.05, 0.1) is 29.0 Å². The maximum absolute atomic E-state index is 13.6. The van der Waals surface area contributed by atoms with E-state index in [1.54, 1.807) is 11.5 Å². The molecule has 4 rings (SSSR count). The van der Waals surface area contributed by atoms with Crippen LogP contribution in [0.3, 0.4) is 0 Å². The summed E-state index contributed by atoms with van der Waals surface area (Å²) in [6, 6.07) is 15.7. The zero-order valence-corrected chi connectivity index (χ0v) is 21.3. The van der Waals surface area contributed by atoms with E-state index in [0.717, 1.165) is 11.1 Å². The summed E-state index contributed by atoms with van der Waals surface area (Å²) in [4.78, 5) is 31.6. The first-order valence-electron chi connectivity index (χ1n) is 11.5. The monoisotopic (exact) mass is 474 g/mol. The van der Waals surface area contributed by atoms with Crippen LogP contribution in [0, 0.1) is 0 Å². The minimum Gasteiger partial charge on any atom is -0.466 e. The molecular weight excluding hydrogens is 444 g/mol. The van der Waals surface area contributed by atoms with E-state index in [0.29, 0.717) is 32.4 Å². The molecule has 0 spiro atoms. The van der Waals surface area contributed by atoms with Crippen molar-refractivity contribution in [3.05, 3.63) is 102 Å². The molecule has 34 heavy (non-hydrogen) atoms. The number of thiazole rings is 1. The van der Waals surface area contributed by atoms with Crippen molar-refractivity contribution in [2.24, 2.45) is 4.99 Å². The molecule has 0 aliphatic carbocycles. The van der Waals surface area contributed by atoms with Gasteiger partial charge in [-0.25, -0.2) is 9.79 Å². The first-order chi connectivity index (χ1) is 16.2. The molecule has 3 aromatic rings. The van der Waals surface area contributed by atoms with E-state index in [2.05, 4.69) is 57.0 Å². The molecule has 5 nitrogen and oxygen atoms in total. The first-order valence-corrected chi connectivity index (χ1v) is 12.3. The number of nitrogens with zero attached hydrogens (tertiary/aromatic N) is 2. The van der Waals surface area contributed by atoms with Crippen molar-refractivity contribution in [2.75, 3.05) is 7.11 Å². The molecule has 2 heterocycles. The number of benzene rings is 2. The lowest BCUT2D eigenvalue weighted by molar-refractivity contribution is -0.136. The molecule has 0 radical (unpaired) electrons. The van der Waals surface area contributed by atoms with Gasteiger partial charge in [0.1, 0.15) is 0 Å². The minimum absolute atomic E-state index is 0.163.